The number of aliphatic hydroxyl groups excluding tert-OH is 1. The Kier molecular flexibility index (Phi) is 10.0. The number of amides is 1. The lowest BCUT2D eigenvalue weighted by molar-refractivity contribution is -0.120. The lowest BCUT2D eigenvalue weighted by Gasteiger charge is -2.13. The van der Waals surface area contributed by atoms with Crippen LogP contribution in [0.4, 0.5) is 0 Å². The molecule has 1 fully saturated rings. The van der Waals surface area contributed by atoms with Gasteiger partial charge in [0.1, 0.15) is 17.4 Å². The van der Waals surface area contributed by atoms with E-state index < -0.39 is 0 Å². The number of aryl methyl sites for hydroxylation is 1. The number of aromatic nitrogens is 1. The molecule has 0 aliphatic carbocycles. The molecule has 27 heavy (non-hydrogen) atoms. The van der Waals surface area contributed by atoms with Crippen molar-refractivity contribution in [2.75, 3.05) is 19.6 Å². The lowest BCUT2D eigenvalue weighted by atomic mass is 10.1. The fourth-order valence-electron chi connectivity index (χ4n) is 2.68. The van der Waals surface area contributed by atoms with Gasteiger partial charge in [-0.2, -0.15) is 0 Å². The Morgan fingerprint density at radius 1 is 1.33 bits per heavy atom. The fraction of sp³-hybridized carbons (Fsp3) is 0.444. The number of halogens is 2. The Hall–Kier alpha value is -1.38. The summed E-state index contributed by atoms with van der Waals surface area (Å²) in [6.07, 6.45) is -0.137. The monoisotopic (exact) mass is 433 g/mol. The van der Waals surface area contributed by atoms with Gasteiger partial charge < -0.3 is 20.5 Å². The van der Waals surface area contributed by atoms with Gasteiger partial charge in [-0.25, -0.2) is 4.98 Å². The number of benzene rings is 1. The Morgan fingerprint density at radius 3 is 2.74 bits per heavy atom. The molecule has 1 aliphatic heterocycles. The van der Waals surface area contributed by atoms with Crippen molar-refractivity contribution < 1.29 is 14.6 Å². The van der Waals surface area contributed by atoms with E-state index in [1.165, 1.54) is 16.9 Å². The molecule has 0 saturated carbocycles. The number of nitrogens with one attached hydrogen (secondary N) is 2. The molecule has 3 rings (SSSR count). The summed E-state index contributed by atoms with van der Waals surface area (Å²) in [5, 5.41) is 18.4. The van der Waals surface area contributed by atoms with Gasteiger partial charge in [0.25, 0.3) is 0 Å². The molecule has 3 N–H and O–H groups in total. The summed E-state index contributed by atoms with van der Waals surface area (Å²) in [6.45, 7) is 4.25. The van der Waals surface area contributed by atoms with Gasteiger partial charge in [0.2, 0.25) is 5.91 Å². The van der Waals surface area contributed by atoms with E-state index in [2.05, 4.69) is 15.6 Å². The molecule has 1 amide bonds. The van der Waals surface area contributed by atoms with Crippen molar-refractivity contribution in [1.29, 1.82) is 0 Å². The molecule has 2 heterocycles. The van der Waals surface area contributed by atoms with Crippen LogP contribution in [-0.4, -0.2) is 41.7 Å². The van der Waals surface area contributed by atoms with Crippen LogP contribution in [-0.2, 0) is 17.8 Å². The molecule has 2 aromatic rings. The van der Waals surface area contributed by atoms with Crippen molar-refractivity contribution >= 4 is 42.1 Å². The summed E-state index contributed by atoms with van der Waals surface area (Å²) in [4.78, 5) is 16.5. The molecule has 1 aromatic carbocycles. The van der Waals surface area contributed by atoms with Crippen molar-refractivity contribution in [2.24, 2.45) is 5.92 Å². The second-order valence-electron chi connectivity index (χ2n) is 6.30. The SMILES string of the molecule is Cc1ccc(OCc2nc(CC(=O)NCC3CNCC3O)cs2)cc1.Cl.Cl. The quantitative estimate of drug-likeness (QED) is 0.622. The Morgan fingerprint density at radius 2 is 2.07 bits per heavy atom. The predicted octanol–water partition coefficient (Wildman–Crippen LogP) is 2.11. The molecule has 6 nitrogen and oxygen atoms in total. The van der Waals surface area contributed by atoms with E-state index in [0.29, 0.717) is 19.7 Å². The lowest BCUT2D eigenvalue weighted by Crippen LogP contribution is -2.35. The Labute approximate surface area is 175 Å². The number of aliphatic hydroxyl groups is 1. The Balaban J connectivity index is 0.00000182. The maximum atomic E-state index is 12.0. The minimum Gasteiger partial charge on any atom is -0.486 e. The van der Waals surface area contributed by atoms with Gasteiger partial charge in [-0.1, -0.05) is 17.7 Å². The van der Waals surface area contributed by atoms with Crippen LogP contribution in [0.3, 0.4) is 0 Å². The van der Waals surface area contributed by atoms with Gasteiger partial charge in [-0.15, -0.1) is 36.2 Å². The minimum absolute atomic E-state index is 0. The highest BCUT2D eigenvalue weighted by atomic mass is 35.5. The first-order chi connectivity index (χ1) is 12.1. The standard InChI is InChI=1S/C18H23N3O3S.2ClH/c1-12-2-4-15(5-3-12)24-10-18-21-14(11-25-18)6-17(23)20-8-13-7-19-9-16(13)22;;/h2-5,11,13,16,19,22H,6-10H2,1H3,(H,20,23);2*1H. The highest BCUT2D eigenvalue weighted by Gasteiger charge is 2.25. The highest BCUT2D eigenvalue weighted by Crippen LogP contribution is 2.16. The summed E-state index contributed by atoms with van der Waals surface area (Å²) >= 11 is 1.49. The minimum atomic E-state index is -0.384. The second kappa shape index (κ2) is 11.5. The molecular weight excluding hydrogens is 409 g/mol. The van der Waals surface area contributed by atoms with E-state index in [0.717, 1.165) is 23.0 Å². The number of thiazole rings is 1. The molecule has 150 valence electrons. The van der Waals surface area contributed by atoms with E-state index >= 15 is 0 Å². The molecule has 1 aliphatic rings. The van der Waals surface area contributed by atoms with E-state index in [4.69, 9.17) is 4.74 Å². The summed E-state index contributed by atoms with van der Waals surface area (Å²) in [6, 6.07) is 7.88. The van der Waals surface area contributed by atoms with Crippen LogP contribution >= 0.6 is 36.2 Å². The normalized spacial score (nSPS) is 18.3. The first-order valence-electron chi connectivity index (χ1n) is 8.38. The number of carbonyl (C=O) groups excluding carboxylic acids is 1. The van der Waals surface area contributed by atoms with Crippen LogP contribution in [0.25, 0.3) is 0 Å². The third kappa shape index (κ3) is 7.27. The molecule has 9 heteroatoms. The third-order valence-corrected chi connectivity index (χ3v) is 5.06. The van der Waals surface area contributed by atoms with Crippen molar-refractivity contribution in [1.82, 2.24) is 15.6 Å². The van der Waals surface area contributed by atoms with E-state index in [9.17, 15) is 9.90 Å². The van der Waals surface area contributed by atoms with Gasteiger partial charge >= 0.3 is 0 Å². The molecule has 0 spiro atoms. The summed E-state index contributed by atoms with van der Waals surface area (Å²) in [5.41, 5.74) is 1.94. The van der Waals surface area contributed by atoms with Gasteiger partial charge in [-0.3, -0.25) is 4.79 Å². The average Bonchev–Trinajstić information content (AvgIpc) is 3.21. The van der Waals surface area contributed by atoms with Crippen molar-refractivity contribution in [2.45, 2.75) is 26.1 Å². The maximum absolute atomic E-state index is 12.0. The summed E-state index contributed by atoms with van der Waals surface area (Å²) in [5.74, 6) is 0.817. The molecule has 1 saturated heterocycles. The Bertz CT molecular complexity index is 712. The number of β-amino-alcohol motifs (C(OH)–C–C–N with tert-alkyl or cyclic N) is 1. The summed E-state index contributed by atoms with van der Waals surface area (Å²) in [7, 11) is 0. The van der Waals surface area contributed by atoms with Crippen LogP contribution in [0.5, 0.6) is 5.75 Å². The zero-order valence-corrected chi connectivity index (χ0v) is 17.5. The fourth-order valence-corrected chi connectivity index (χ4v) is 3.38. The molecule has 0 bridgehead atoms. The number of hydrogen-bond acceptors (Lipinski definition) is 6. The van der Waals surface area contributed by atoms with E-state index in [1.54, 1.807) is 0 Å². The number of rotatable bonds is 7. The largest absolute Gasteiger partial charge is 0.486 e. The van der Waals surface area contributed by atoms with Crippen LogP contribution in [0.15, 0.2) is 29.6 Å². The predicted molar refractivity (Wildman–Crippen MR) is 111 cm³/mol. The zero-order valence-electron chi connectivity index (χ0n) is 15.0. The molecule has 1 aromatic heterocycles. The first-order valence-corrected chi connectivity index (χ1v) is 9.26. The van der Waals surface area contributed by atoms with Gasteiger partial charge in [-0.05, 0) is 19.1 Å². The number of nitrogens with zero attached hydrogens (tertiary/aromatic N) is 1. The van der Waals surface area contributed by atoms with Crippen LogP contribution < -0.4 is 15.4 Å². The van der Waals surface area contributed by atoms with Crippen LogP contribution in [0.1, 0.15) is 16.3 Å². The molecule has 0 radical (unpaired) electrons. The highest BCUT2D eigenvalue weighted by molar-refractivity contribution is 7.09. The molecule has 2 unspecified atom stereocenters. The molecule has 2 atom stereocenters. The van der Waals surface area contributed by atoms with Crippen LogP contribution in [0, 0.1) is 12.8 Å². The van der Waals surface area contributed by atoms with Crippen molar-refractivity contribution in [3.8, 4) is 5.75 Å². The number of carbonyl (C=O) groups is 1. The van der Waals surface area contributed by atoms with Crippen molar-refractivity contribution in [3.05, 3.63) is 45.9 Å². The van der Waals surface area contributed by atoms with E-state index in [-0.39, 0.29) is 49.2 Å². The van der Waals surface area contributed by atoms with Gasteiger partial charge in [0.05, 0.1) is 18.2 Å². The van der Waals surface area contributed by atoms with Gasteiger partial charge in [0.15, 0.2) is 0 Å². The van der Waals surface area contributed by atoms with Crippen LogP contribution in [0.2, 0.25) is 0 Å². The van der Waals surface area contributed by atoms with Gasteiger partial charge in [0, 0.05) is 30.9 Å². The number of hydrogen-bond donors (Lipinski definition) is 3. The second-order valence-corrected chi connectivity index (χ2v) is 7.24. The maximum Gasteiger partial charge on any atom is 0.226 e. The topological polar surface area (TPSA) is 83.5 Å². The van der Waals surface area contributed by atoms with Crippen molar-refractivity contribution in [3.63, 3.8) is 0 Å². The average molecular weight is 434 g/mol. The summed E-state index contributed by atoms with van der Waals surface area (Å²) < 4.78 is 5.70. The zero-order chi connectivity index (χ0) is 17.6. The third-order valence-electron chi connectivity index (χ3n) is 4.19. The first kappa shape index (κ1) is 23.7. The molecular formula is C18H25Cl2N3O3S. The van der Waals surface area contributed by atoms with E-state index in [1.807, 2.05) is 36.6 Å². The smallest absolute Gasteiger partial charge is 0.226 e. The number of ether oxygens (including phenoxy) is 1.